The van der Waals surface area contributed by atoms with Crippen LogP contribution in [0.1, 0.15) is 16.7 Å². The van der Waals surface area contributed by atoms with Gasteiger partial charge in [-0.3, -0.25) is 0 Å². The van der Waals surface area contributed by atoms with Crippen LogP contribution in [-0.2, 0) is 23.1 Å². The molecule has 0 bridgehead atoms. The molecule has 5 heteroatoms. The van der Waals surface area contributed by atoms with E-state index in [4.69, 9.17) is 5.14 Å². The van der Waals surface area contributed by atoms with Gasteiger partial charge in [-0.25, -0.2) is 13.6 Å². The van der Waals surface area contributed by atoms with Gasteiger partial charge in [-0.15, -0.1) is 0 Å². The molecular weight excluding hydrogens is 272 g/mol. The van der Waals surface area contributed by atoms with Crippen molar-refractivity contribution in [2.24, 2.45) is 5.14 Å². The Bertz CT molecular complexity index is 656. The minimum atomic E-state index is -3.52. The summed E-state index contributed by atoms with van der Waals surface area (Å²) in [6.45, 7) is 3.99. The quantitative estimate of drug-likeness (QED) is 0.843. The molecule has 0 saturated carbocycles. The lowest BCUT2D eigenvalue weighted by atomic mass is 10.1. The van der Waals surface area contributed by atoms with Crippen molar-refractivity contribution in [3.8, 4) is 0 Å². The van der Waals surface area contributed by atoms with E-state index in [-0.39, 0.29) is 4.90 Å². The number of nitrogens with two attached hydrogens (primary N) is 1. The predicted molar refractivity (Wildman–Crippen MR) is 79.5 cm³/mol. The lowest BCUT2D eigenvalue weighted by Crippen LogP contribution is -2.11. The SMILES string of the molecule is Cc1ccc(S(N)(=O)=O)cc1.c1ccc2c(c1)CNC2. The lowest BCUT2D eigenvalue weighted by molar-refractivity contribution is 0.598. The Balaban J connectivity index is 0.000000149. The summed E-state index contributed by atoms with van der Waals surface area (Å²) in [5, 5.41) is 8.17. The molecule has 4 nitrogen and oxygen atoms in total. The Morgan fingerprint density at radius 1 is 0.950 bits per heavy atom. The highest BCUT2D eigenvalue weighted by atomic mass is 32.2. The molecule has 0 amide bonds. The Hall–Kier alpha value is -1.69. The second-order valence-corrected chi connectivity index (χ2v) is 6.29. The van der Waals surface area contributed by atoms with Gasteiger partial charge >= 0.3 is 0 Å². The molecule has 0 spiro atoms. The van der Waals surface area contributed by atoms with Gasteiger partial charge in [0.2, 0.25) is 10.0 Å². The number of fused-ring (bicyclic) bond motifs is 1. The van der Waals surface area contributed by atoms with Crippen molar-refractivity contribution >= 4 is 10.0 Å². The molecule has 2 aromatic rings. The van der Waals surface area contributed by atoms with E-state index in [9.17, 15) is 8.42 Å². The average molecular weight is 290 g/mol. The zero-order valence-corrected chi connectivity index (χ0v) is 12.2. The highest BCUT2D eigenvalue weighted by molar-refractivity contribution is 7.89. The smallest absolute Gasteiger partial charge is 0.238 e. The molecule has 1 aliphatic heterocycles. The zero-order chi connectivity index (χ0) is 14.6. The van der Waals surface area contributed by atoms with Crippen LogP contribution in [0.4, 0.5) is 0 Å². The number of nitrogens with one attached hydrogen (secondary N) is 1. The molecule has 1 aliphatic rings. The molecule has 0 unspecified atom stereocenters. The van der Waals surface area contributed by atoms with Gasteiger partial charge in [-0.2, -0.15) is 0 Å². The van der Waals surface area contributed by atoms with Crippen molar-refractivity contribution in [3.63, 3.8) is 0 Å². The molecule has 20 heavy (non-hydrogen) atoms. The molecule has 0 radical (unpaired) electrons. The average Bonchev–Trinajstić information content (AvgIpc) is 2.87. The third-order valence-corrected chi connectivity index (χ3v) is 4.03. The molecule has 0 atom stereocenters. The number of benzene rings is 2. The summed E-state index contributed by atoms with van der Waals surface area (Å²) < 4.78 is 21.4. The van der Waals surface area contributed by atoms with Crippen LogP contribution >= 0.6 is 0 Å². The van der Waals surface area contributed by atoms with Crippen LogP contribution in [0.3, 0.4) is 0 Å². The fourth-order valence-electron chi connectivity index (χ4n) is 1.96. The molecule has 0 saturated heterocycles. The fourth-order valence-corrected chi connectivity index (χ4v) is 2.48. The third kappa shape index (κ3) is 3.90. The Kier molecular flexibility index (Phi) is 4.54. The Labute approximate surface area is 119 Å². The molecule has 3 N–H and O–H groups in total. The maximum absolute atomic E-state index is 10.7. The van der Waals surface area contributed by atoms with Crippen LogP contribution in [-0.4, -0.2) is 8.42 Å². The fraction of sp³-hybridized carbons (Fsp3) is 0.200. The topological polar surface area (TPSA) is 72.2 Å². The van der Waals surface area contributed by atoms with Crippen molar-refractivity contribution < 1.29 is 8.42 Å². The van der Waals surface area contributed by atoms with E-state index in [1.807, 2.05) is 6.92 Å². The summed E-state index contributed by atoms with van der Waals surface area (Å²) in [6, 6.07) is 14.9. The van der Waals surface area contributed by atoms with E-state index in [0.717, 1.165) is 18.7 Å². The van der Waals surface area contributed by atoms with Gasteiger partial charge in [-0.1, -0.05) is 42.0 Å². The summed E-state index contributed by atoms with van der Waals surface area (Å²) in [5.41, 5.74) is 3.92. The second kappa shape index (κ2) is 6.17. The molecule has 0 fully saturated rings. The number of aryl methyl sites for hydroxylation is 1. The van der Waals surface area contributed by atoms with Gasteiger partial charge in [0.1, 0.15) is 0 Å². The summed E-state index contributed by atoms with van der Waals surface area (Å²) in [5.74, 6) is 0. The lowest BCUT2D eigenvalue weighted by Gasteiger charge is -1.96. The van der Waals surface area contributed by atoms with Gasteiger partial charge in [0.25, 0.3) is 0 Å². The summed E-state index contributed by atoms with van der Waals surface area (Å²) >= 11 is 0. The van der Waals surface area contributed by atoms with E-state index in [2.05, 4.69) is 29.6 Å². The van der Waals surface area contributed by atoms with Gasteiger partial charge < -0.3 is 5.32 Å². The van der Waals surface area contributed by atoms with Crippen LogP contribution in [0, 0.1) is 6.92 Å². The van der Waals surface area contributed by atoms with Crippen molar-refractivity contribution in [3.05, 3.63) is 65.2 Å². The van der Waals surface area contributed by atoms with E-state index >= 15 is 0 Å². The van der Waals surface area contributed by atoms with Crippen LogP contribution in [0.2, 0.25) is 0 Å². The van der Waals surface area contributed by atoms with Gasteiger partial charge in [0, 0.05) is 13.1 Å². The van der Waals surface area contributed by atoms with Crippen LogP contribution in [0.5, 0.6) is 0 Å². The summed E-state index contributed by atoms with van der Waals surface area (Å²) in [6.07, 6.45) is 0. The van der Waals surface area contributed by atoms with E-state index in [1.165, 1.54) is 23.3 Å². The normalized spacial score (nSPS) is 13.3. The summed E-state index contributed by atoms with van der Waals surface area (Å²) in [7, 11) is -3.52. The zero-order valence-electron chi connectivity index (χ0n) is 11.3. The van der Waals surface area contributed by atoms with Crippen molar-refractivity contribution in [2.45, 2.75) is 24.9 Å². The summed E-state index contributed by atoms with van der Waals surface area (Å²) in [4.78, 5) is 0.156. The van der Waals surface area contributed by atoms with Gasteiger partial charge in [0.05, 0.1) is 4.90 Å². The first-order chi connectivity index (χ1) is 9.47. The first-order valence-electron chi connectivity index (χ1n) is 6.34. The first-order valence-corrected chi connectivity index (χ1v) is 7.88. The minimum Gasteiger partial charge on any atom is -0.309 e. The molecule has 106 valence electrons. The highest BCUT2D eigenvalue weighted by Gasteiger charge is 2.06. The van der Waals surface area contributed by atoms with Crippen molar-refractivity contribution in [2.75, 3.05) is 0 Å². The van der Waals surface area contributed by atoms with E-state index in [1.54, 1.807) is 12.1 Å². The van der Waals surface area contributed by atoms with Crippen LogP contribution in [0.15, 0.2) is 53.4 Å². The maximum atomic E-state index is 10.7. The Morgan fingerprint density at radius 2 is 1.45 bits per heavy atom. The number of hydrogen-bond donors (Lipinski definition) is 2. The minimum absolute atomic E-state index is 0.156. The maximum Gasteiger partial charge on any atom is 0.238 e. The molecule has 2 aromatic carbocycles. The molecule has 3 rings (SSSR count). The second-order valence-electron chi connectivity index (χ2n) is 4.73. The molecule has 1 heterocycles. The van der Waals surface area contributed by atoms with Gasteiger partial charge in [0.15, 0.2) is 0 Å². The van der Waals surface area contributed by atoms with Crippen LogP contribution < -0.4 is 10.5 Å². The highest BCUT2D eigenvalue weighted by Crippen LogP contribution is 2.13. The van der Waals surface area contributed by atoms with Crippen molar-refractivity contribution in [1.29, 1.82) is 0 Å². The first kappa shape index (κ1) is 14.7. The Morgan fingerprint density at radius 3 is 1.90 bits per heavy atom. The largest absolute Gasteiger partial charge is 0.309 e. The molecular formula is C15H18N2O2S. The number of rotatable bonds is 1. The van der Waals surface area contributed by atoms with Crippen molar-refractivity contribution in [1.82, 2.24) is 5.32 Å². The third-order valence-electron chi connectivity index (χ3n) is 3.10. The number of primary sulfonamides is 1. The standard InChI is InChI=1S/C8H9N.C7H9NO2S/c1-2-4-8-6-9-5-7(8)3-1;1-6-2-4-7(5-3-6)11(8,9)10/h1-4,9H,5-6H2;2-5H,1H3,(H2,8,9,10). The van der Waals surface area contributed by atoms with E-state index < -0.39 is 10.0 Å². The monoisotopic (exact) mass is 290 g/mol. The van der Waals surface area contributed by atoms with Gasteiger partial charge in [-0.05, 0) is 30.2 Å². The van der Waals surface area contributed by atoms with Crippen LogP contribution in [0.25, 0.3) is 0 Å². The van der Waals surface area contributed by atoms with E-state index in [0.29, 0.717) is 0 Å². The molecule has 0 aliphatic carbocycles. The number of hydrogen-bond acceptors (Lipinski definition) is 3. The molecule has 0 aromatic heterocycles. The predicted octanol–water partition coefficient (Wildman–Crippen LogP) is 1.93. The number of sulfonamides is 1.